The van der Waals surface area contributed by atoms with Crippen LogP contribution in [0.25, 0.3) is 0 Å². The summed E-state index contributed by atoms with van der Waals surface area (Å²) < 4.78 is 0.780. The van der Waals surface area contributed by atoms with Gasteiger partial charge in [-0.05, 0) is 40.5 Å². The summed E-state index contributed by atoms with van der Waals surface area (Å²) in [6, 6.07) is 7.59. The molecule has 15 heavy (non-hydrogen) atoms. The minimum atomic E-state index is 0.0323. The molecule has 1 aromatic rings. The number of hydrogen-bond donors (Lipinski definition) is 1. The molecule has 0 saturated carbocycles. The van der Waals surface area contributed by atoms with E-state index in [1.54, 1.807) is 6.07 Å². The van der Waals surface area contributed by atoms with Crippen molar-refractivity contribution < 1.29 is 0 Å². The van der Waals surface area contributed by atoms with E-state index in [0.29, 0.717) is 5.56 Å². The predicted molar refractivity (Wildman–Crippen MR) is 65.4 cm³/mol. The maximum Gasteiger partial charge on any atom is 0.100 e. The van der Waals surface area contributed by atoms with Crippen molar-refractivity contribution in [3.63, 3.8) is 0 Å². The molecule has 1 unspecified atom stereocenters. The Balaban J connectivity index is 2.86. The number of terminal acetylenes is 1. The molecule has 0 fully saturated rings. The Bertz CT molecular complexity index is 426. The second-order valence-electron chi connectivity index (χ2n) is 3.08. The highest BCUT2D eigenvalue weighted by molar-refractivity contribution is 9.10. The Morgan fingerprint density at radius 1 is 1.60 bits per heavy atom. The van der Waals surface area contributed by atoms with Gasteiger partial charge in [-0.25, -0.2) is 0 Å². The van der Waals surface area contributed by atoms with Gasteiger partial charge in [0.05, 0.1) is 11.6 Å². The first-order valence-electron chi connectivity index (χ1n) is 4.63. The quantitative estimate of drug-likeness (QED) is 0.850. The van der Waals surface area contributed by atoms with Gasteiger partial charge in [0.2, 0.25) is 0 Å². The van der Waals surface area contributed by atoms with Gasteiger partial charge in [-0.3, -0.25) is 0 Å². The molecule has 1 aromatic carbocycles. The van der Waals surface area contributed by atoms with E-state index in [1.807, 2.05) is 19.1 Å². The van der Waals surface area contributed by atoms with Crippen LogP contribution in [0.1, 0.15) is 18.9 Å². The molecule has 76 valence electrons. The van der Waals surface area contributed by atoms with E-state index in [4.69, 9.17) is 11.7 Å². The zero-order valence-corrected chi connectivity index (χ0v) is 10.0. The van der Waals surface area contributed by atoms with Crippen LogP contribution >= 0.6 is 15.9 Å². The molecular formula is C12H11BrN2. The van der Waals surface area contributed by atoms with Crippen molar-refractivity contribution in [1.82, 2.24) is 0 Å². The van der Waals surface area contributed by atoms with Crippen LogP contribution in [-0.2, 0) is 0 Å². The zero-order chi connectivity index (χ0) is 11.3. The third kappa shape index (κ3) is 3.01. The number of halogens is 1. The number of nitrogens with one attached hydrogen (secondary N) is 1. The SMILES string of the molecule is C#CC(CC)Nc1ccc(C#N)c(Br)c1. The highest BCUT2D eigenvalue weighted by Crippen LogP contribution is 2.21. The summed E-state index contributed by atoms with van der Waals surface area (Å²) in [5.74, 6) is 2.66. The van der Waals surface area contributed by atoms with Gasteiger partial charge >= 0.3 is 0 Å². The van der Waals surface area contributed by atoms with Gasteiger partial charge in [0.15, 0.2) is 0 Å². The molecule has 0 aromatic heterocycles. The molecule has 3 heteroatoms. The molecule has 1 atom stereocenters. The third-order valence-electron chi connectivity index (χ3n) is 2.04. The third-order valence-corrected chi connectivity index (χ3v) is 2.70. The van der Waals surface area contributed by atoms with Gasteiger partial charge < -0.3 is 5.32 Å². The largest absolute Gasteiger partial charge is 0.372 e. The summed E-state index contributed by atoms with van der Waals surface area (Å²) in [6.45, 7) is 2.02. The number of nitriles is 1. The zero-order valence-electron chi connectivity index (χ0n) is 8.42. The van der Waals surface area contributed by atoms with Gasteiger partial charge in [0.25, 0.3) is 0 Å². The molecule has 0 aliphatic carbocycles. The molecule has 0 bridgehead atoms. The maximum absolute atomic E-state index is 8.75. The molecule has 0 heterocycles. The van der Waals surface area contributed by atoms with E-state index in [1.165, 1.54) is 0 Å². The minimum Gasteiger partial charge on any atom is -0.372 e. The molecule has 0 aliphatic rings. The fourth-order valence-electron chi connectivity index (χ4n) is 1.16. The highest BCUT2D eigenvalue weighted by Gasteiger charge is 2.04. The van der Waals surface area contributed by atoms with Crippen LogP contribution in [0.15, 0.2) is 22.7 Å². The Kier molecular flexibility index (Phi) is 4.21. The lowest BCUT2D eigenvalue weighted by Gasteiger charge is -2.12. The molecule has 1 rings (SSSR count). The Labute approximate surface area is 98.4 Å². The van der Waals surface area contributed by atoms with Crippen molar-refractivity contribution >= 4 is 21.6 Å². The van der Waals surface area contributed by atoms with Crippen molar-refractivity contribution in [2.75, 3.05) is 5.32 Å². The van der Waals surface area contributed by atoms with E-state index in [0.717, 1.165) is 16.6 Å². The molecule has 0 saturated heterocycles. The minimum absolute atomic E-state index is 0.0323. The average Bonchev–Trinajstić information content (AvgIpc) is 2.26. The number of rotatable bonds is 3. The van der Waals surface area contributed by atoms with Crippen LogP contribution in [0.4, 0.5) is 5.69 Å². The summed E-state index contributed by atoms with van der Waals surface area (Å²) in [5, 5.41) is 11.9. The first-order chi connectivity index (χ1) is 7.21. The number of anilines is 1. The second-order valence-corrected chi connectivity index (χ2v) is 3.93. The topological polar surface area (TPSA) is 35.8 Å². The van der Waals surface area contributed by atoms with Crippen molar-refractivity contribution in [3.05, 3.63) is 28.2 Å². The summed E-state index contributed by atoms with van der Waals surface area (Å²) in [4.78, 5) is 0. The van der Waals surface area contributed by atoms with Gasteiger partial charge in [-0.2, -0.15) is 5.26 Å². The monoisotopic (exact) mass is 262 g/mol. The molecular weight excluding hydrogens is 252 g/mol. The lowest BCUT2D eigenvalue weighted by molar-refractivity contribution is 0.858. The van der Waals surface area contributed by atoms with E-state index in [9.17, 15) is 0 Å². The summed E-state index contributed by atoms with van der Waals surface area (Å²) in [6.07, 6.45) is 6.22. The van der Waals surface area contributed by atoms with Gasteiger partial charge in [-0.15, -0.1) is 6.42 Å². The van der Waals surface area contributed by atoms with E-state index in [2.05, 4.69) is 33.2 Å². The summed E-state index contributed by atoms with van der Waals surface area (Å²) in [7, 11) is 0. The summed E-state index contributed by atoms with van der Waals surface area (Å²) in [5.41, 5.74) is 1.54. The maximum atomic E-state index is 8.75. The highest BCUT2D eigenvalue weighted by atomic mass is 79.9. The number of nitrogens with zero attached hydrogens (tertiary/aromatic N) is 1. The van der Waals surface area contributed by atoms with Crippen LogP contribution in [0.5, 0.6) is 0 Å². The van der Waals surface area contributed by atoms with Crippen molar-refractivity contribution in [2.45, 2.75) is 19.4 Å². The molecule has 0 amide bonds. The Hall–Kier alpha value is -1.45. The number of benzene rings is 1. The standard InChI is InChI=1S/C12H11BrN2/c1-3-10(4-2)15-11-6-5-9(8-14)12(13)7-11/h1,5-7,10,15H,4H2,2H3. The average molecular weight is 263 g/mol. The summed E-state index contributed by atoms with van der Waals surface area (Å²) >= 11 is 3.33. The van der Waals surface area contributed by atoms with Crippen LogP contribution in [0.3, 0.4) is 0 Å². The van der Waals surface area contributed by atoms with E-state index in [-0.39, 0.29) is 6.04 Å². The van der Waals surface area contributed by atoms with Crippen LogP contribution in [0.2, 0.25) is 0 Å². The Morgan fingerprint density at radius 3 is 2.80 bits per heavy atom. The number of hydrogen-bond acceptors (Lipinski definition) is 2. The molecule has 0 radical (unpaired) electrons. The fourth-order valence-corrected chi connectivity index (χ4v) is 1.63. The first-order valence-corrected chi connectivity index (χ1v) is 5.43. The normalized spacial score (nSPS) is 11.2. The van der Waals surface area contributed by atoms with Gasteiger partial charge in [0.1, 0.15) is 6.07 Å². The second kappa shape index (κ2) is 5.44. The van der Waals surface area contributed by atoms with E-state index >= 15 is 0 Å². The van der Waals surface area contributed by atoms with Crippen molar-refractivity contribution in [2.24, 2.45) is 0 Å². The van der Waals surface area contributed by atoms with Gasteiger partial charge in [-0.1, -0.05) is 12.8 Å². The van der Waals surface area contributed by atoms with Crippen LogP contribution in [-0.4, -0.2) is 6.04 Å². The van der Waals surface area contributed by atoms with E-state index < -0.39 is 0 Å². The van der Waals surface area contributed by atoms with Gasteiger partial charge in [0, 0.05) is 10.2 Å². The fraction of sp³-hybridized carbons (Fsp3) is 0.250. The molecule has 1 N–H and O–H groups in total. The first kappa shape index (κ1) is 11.6. The van der Waals surface area contributed by atoms with Crippen LogP contribution in [0, 0.1) is 23.7 Å². The lowest BCUT2D eigenvalue weighted by atomic mass is 10.2. The smallest absolute Gasteiger partial charge is 0.100 e. The predicted octanol–water partition coefficient (Wildman–Crippen LogP) is 3.14. The van der Waals surface area contributed by atoms with Crippen molar-refractivity contribution in [3.8, 4) is 18.4 Å². The molecule has 2 nitrogen and oxygen atoms in total. The van der Waals surface area contributed by atoms with Crippen molar-refractivity contribution in [1.29, 1.82) is 5.26 Å². The van der Waals surface area contributed by atoms with Crippen LogP contribution < -0.4 is 5.32 Å². The lowest BCUT2D eigenvalue weighted by Crippen LogP contribution is -2.15. The Morgan fingerprint density at radius 2 is 2.33 bits per heavy atom. The molecule has 0 aliphatic heterocycles. The molecule has 0 spiro atoms.